The number of carbonyl (C=O) groups excluding carboxylic acids is 1. The molecule has 0 bridgehead atoms. The van der Waals surface area contributed by atoms with Gasteiger partial charge in [0.2, 0.25) is 0 Å². The van der Waals surface area contributed by atoms with Crippen LogP contribution in [0.1, 0.15) is 18.4 Å². The molecule has 1 aromatic rings. The van der Waals surface area contributed by atoms with E-state index in [1.807, 2.05) is 6.07 Å². The molecule has 1 aliphatic heterocycles. The van der Waals surface area contributed by atoms with E-state index >= 15 is 0 Å². The van der Waals surface area contributed by atoms with Crippen molar-refractivity contribution in [2.24, 2.45) is 0 Å². The van der Waals surface area contributed by atoms with E-state index in [-0.39, 0.29) is 19.1 Å². The smallest absolute Gasteiger partial charge is 0.410 e. The van der Waals surface area contributed by atoms with Crippen LogP contribution in [0.4, 0.5) is 4.79 Å². The van der Waals surface area contributed by atoms with Gasteiger partial charge >= 0.3 is 12.1 Å². The molecule has 1 aliphatic rings. The summed E-state index contributed by atoms with van der Waals surface area (Å²) < 4.78 is 4.95. The van der Waals surface area contributed by atoms with Crippen molar-refractivity contribution in [3.05, 3.63) is 30.1 Å². The third-order valence-corrected chi connectivity index (χ3v) is 2.84. The van der Waals surface area contributed by atoms with Crippen molar-refractivity contribution >= 4 is 12.1 Å². The van der Waals surface area contributed by atoms with Gasteiger partial charge in [-0.3, -0.25) is 9.78 Å². The number of pyridine rings is 1. The zero-order valence-electron chi connectivity index (χ0n) is 9.78. The van der Waals surface area contributed by atoms with Gasteiger partial charge in [0.1, 0.15) is 0 Å². The van der Waals surface area contributed by atoms with Crippen molar-refractivity contribution in [1.82, 2.24) is 9.88 Å². The molecule has 1 fully saturated rings. The molecule has 18 heavy (non-hydrogen) atoms. The average molecular weight is 250 g/mol. The number of aromatic nitrogens is 1. The van der Waals surface area contributed by atoms with Gasteiger partial charge in [0, 0.05) is 24.9 Å². The fourth-order valence-corrected chi connectivity index (χ4v) is 1.97. The highest BCUT2D eigenvalue weighted by Crippen LogP contribution is 2.19. The number of aliphatic carboxylic acids is 1. The summed E-state index contributed by atoms with van der Waals surface area (Å²) in [6.07, 6.45) is 3.32. The second-order valence-electron chi connectivity index (χ2n) is 4.14. The summed E-state index contributed by atoms with van der Waals surface area (Å²) in [6.45, 7) is 0.602. The molecule has 2 rings (SSSR count). The summed E-state index contributed by atoms with van der Waals surface area (Å²) in [5.74, 6) is -0.911. The quantitative estimate of drug-likeness (QED) is 0.870. The standard InChI is InChI=1S/C12H14N2O4/c15-11(16)6-10-3-5-18-12(17)14(10)8-9-2-1-4-13-7-9/h1-2,4,7,10H,3,5-6,8H2,(H,15,16). The highest BCUT2D eigenvalue weighted by atomic mass is 16.6. The maximum atomic E-state index is 11.7. The molecule has 0 aliphatic carbocycles. The Bertz CT molecular complexity index is 435. The lowest BCUT2D eigenvalue weighted by Crippen LogP contribution is -2.46. The molecular formula is C12H14N2O4. The third kappa shape index (κ3) is 2.97. The van der Waals surface area contributed by atoms with Gasteiger partial charge in [-0.25, -0.2) is 4.79 Å². The van der Waals surface area contributed by atoms with Crippen molar-refractivity contribution in [2.45, 2.75) is 25.4 Å². The van der Waals surface area contributed by atoms with Crippen molar-refractivity contribution in [2.75, 3.05) is 6.61 Å². The number of rotatable bonds is 4. The molecule has 0 aromatic carbocycles. The van der Waals surface area contributed by atoms with Crippen LogP contribution >= 0.6 is 0 Å². The summed E-state index contributed by atoms with van der Waals surface area (Å²) in [6, 6.07) is 3.30. The molecule has 1 atom stereocenters. The van der Waals surface area contributed by atoms with Crippen LogP contribution in [0.2, 0.25) is 0 Å². The third-order valence-electron chi connectivity index (χ3n) is 2.84. The number of nitrogens with zero attached hydrogens (tertiary/aromatic N) is 2. The summed E-state index contributed by atoms with van der Waals surface area (Å²) in [5.41, 5.74) is 0.853. The Balaban J connectivity index is 2.10. The Morgan fingerprint density at radius 1 is 1.61 bits per heavy atom. The molecule has 1 unspecified atom stereocenters. The zero-order valence-corrected chi connectivity index (χ0v) is 9.78. The lowest BCUT2D eigenvalue weighted by atomic mass is 10.1. The Labute approximate surface area is 104 Å². The first-order valence-corrected chi connectivity index (χ1v) is 5.71. The lowest BCUT2D eigenvalue weighted by molar-refractivity contribution is -0.138. The first-order valence-electron chi connectivity index (χ1n) is 5.71. The molecule has 2 heterocycles. The van der Waals surface area contributed by atoms with Crippen LogP contribution in [0.3, 0.4) is 0 Å². The molecule has 96 valence electrons. The Kier molecular flexibility index (Phi) is 3.76. The van der Waals surface area contributed by atoms with E-state index in [9.17, 15) is 9.59 Å². The molecule has 1 N–H and O–H groups in total. The molecule has 1 amide bonds. The number of hydrogen-bond donors (Lipinski definition) is 1. The highest BCUT2D eigenvalue weighted by molar-refractivity contribution is 5.72. The van der Waals surface area contributed by atoms with E-state index in [0.717, 1.165) is 5.56 Å². The average Bonchev–Trinajstić information content (AvgIpc) is 2.34. The minimum Gasteiger partial charge on any atom is -0.481 e. The first kappa shape index (κ1) is 12.3. The van der Waals surface area contributed by atoms with E-state index < -0.39 is 12.1 Å². The predicted molar refractivity (Wildman–Crippen MR) is 61.8 cm³/mol. The maximum Gasteiger partial charge on any atom is 0.410 e. The van der Waals surface area contributed by atoms with Gasteiger partial charge in [-0.15, -0.1) is 0 Å². The lowest BCUT2D eigenvalue weighted by Gasteiger charge is -2.34. The van der Waals surface area contributed by atoms with Crippen molar-refractivity contribution in [3.63, 3.8) is 0 Å². The van der Waals surface area contributed by atoms with E-state index in [1.54, 1.807) is 18.5 Å². The van der Waals surface area contributed by atoms with Crippen LogP contribution in [0.25, 0.3) is 0 Å². The fraction of sp³-hybridized carbons (Fsp3) is 0.417. The number of amides is 1. The molecule has 0 radical (unpaired) electrons. The molecule has 0 saturated carbocycles. The summed E-state index contributed by atoms with van der Waals surface area (Å²) in [5, 5.41) is 8.84. The van der Waals surface area contributed by atoms with E-state index in [2.05, 4.69) is 4.98 Å². The topological polar surface area (TPSA) is 79.7 Å². The number of hydrogen-bond acceptors (Lipinski definition) is 4. The minimum atomic E-state index is -0.911. The number of carbonyl (C=O) groups is 2. The van der Waals surface area contributed by atoms with Gasteiger partial charge in [-0.2, -0.15) is 0 Å². The molecule has 6 heteroatoms. The second-order valence-corrected chi connectivity index (χ2v) is 4.14. The molecule has 1 saturated heterocycles. The first-order chi connectivity index (χ1) is 8.66. The Hall–Kier alpha value is -2.11. The minimum absolute atomic E-state index is 0.0602. The van der Waals surface area contributed by atoms with Gasteiger partial charge in [-0.1, -0.05) is 6.07 Å². The largest absolute Gasteiger partial charge is 0.481 e. The van der Waals surface area contributed by atoms with E-state index in [0.29, 0.717) is 13.0 Å². The van der Waals surface area contributed by atoms with Gasteiger partial charge in [0.05, 0.1) is 19.6 Å². The SMILES string of the molecule is O=C(O)CC1CCOC(=O)N1Cc1cccnc1. The van der Waals surface area contributed by atoms with Gasteiger partial charge < -0.3 is 14.7 Å². The van der Waals surface area contributed by atoms with Crippen LogP contribution in [-0.2, 0) is 16.1 Å². The van der Waals surface area contributed by atoms with Crippen LogP contribution in [0.15, 0.2) is 24.5 Å². The number of carboxylic acids is 1. The van der Waals surface area contributed by atoms with Crippen LogP contribution in [0.5, 0.6) is 0 Å². The van der Waals surface area contributed by atoms with Crippen LogP contribution in [-0.4, -0.2) is 39.7 Å². The Morgan fingerprint density at radius 3 is 3.11 bits per heavy atom. The molecule has 6 nitrogen and oxygen atoms in total. The van der Waals surface area contributed by atoms with Gasteiger partial charge in [0.15, 0.2) is 0 Å². The van der Waals surface area contributed by atoms with Crippen molar-refractivity contribution in [1.29, 1.82) is 0 Å². The zero-order chi connectivity index (χ0) is 13.0. The number of ether oxygens (including phenoxy) is 1. The maximum absolute atomic E-state index is 11.7. The Morgan fingerprint density at radius 2 is 2.44 bits per heavy atom. The van der Waals surface area contributed by atoms with Crippen molar-refractivity contribution in [3.8, 4) is 0 Å². The molecule has 0 spiro atoms. The van der Waals surface area contributed by atoms with E-state index in [4.69, 9.17) is 9.84 Å². The molecule has 1 aromatic heterocycles. The number of carboxylic acid groups (broad SMARTS) is 1. The normalized spacial score (nSPS) is 19.4. The predicted octanol–water partition coefficient (Wildman–Crippen LogP) is 1.27. The summed E-state index contributed by atoms with van der Waals surface area (Å²) >= 11 is 0. The monoisotopic (exact) mass is 250 g/mol. The van der Waals surface area contributed by atoms with Crippen molar-refractivity contribution < 1.29 is 19.4 Å². The second kappa shape index (κ2) is 5.48. The van der Waals surface area contributed by atoms with Gasteiger partial charge in [-0.05, 0) is 11.6 Å². The molecular weight excluding hydrogens is 236 g/mol. The highest BCUT2D eigenvalue weighted by Gasteiger charge is 2.31. The number of cyclic esters (lactones) is 1. The van der Waals surface area contributed by atoms with Gasteiger partial charge in [0.25, 0.3) is 0 Å². The van der Waals surface area contributed by atoms with Crippen LogP contribution in [0, 0.1) is 0 Å². The summed E-state index contributed by atoms with van der Waals surface area (Å²) in [4.78, 5) is 27.9. The fourth-order valence-electron chi connectivity index (χ4n) is 1.97. The van der Waals surface area contributed by atoms with Crippen LogP contribution < -0.4 is 0 Å². The van der Waals surface area contributed by atoms with E-state index in [1.165, 1.54) is 4.90 Å². The summed E-state index contributed by atoms with van der Waals surface area (Å²) in [7, 11) is 0.